The first kappa shape index (κ1) is 14.0. The number of fused-ring (bicyclic) bond motifs is 3. The number of benzene rings is 3. The van der Waals surface area contributed by atoms with Crippen LogP contribution in [-0.4, -0.2) is 0 Å². The van der Waals surface area contributed by atoms with Crippen LogP contribution in [0.25, 0.3) is 22.8 Å². The molecular weight excluding hydrogens is 276 g/mol. The fourth-order valence-electron chi connectivity index (χ4n) is 3.83. The Kier molecular flexibility index (Phi) is 3.38. The van der Waals surface area contributed by atoms with Crippen LogP contribution in [0.3, 0.4) is 0 Å². The molecule has 0 aromatic heterocycles. The van der Waals surface area contributed by atoms with E-state index in [9.17, 15) is 0 Å². The van der Waals surface area contributed by atoms with Crippen molar-refractivity contribution in [1.29, 1.82) is 0 Å². The van der Waals surface area contributed by atoms with Crippen LogP contribution >= 0.6 is 0 Å². The van der Waals surface area contributed by atoms with Crippen LogP contribution in [-0.2, 0) is 0 Å². The molecule has 0 saturated heterocycles. The highest BCUT2D eigenvalue weighted by Crippen LogP contribution is 2.41. The van der Waals surface area contributed by atoms with Crippen molar-refractivity contribution in [1.82, 2.24) is 0 Å². The maximum absolute atomic E-state index is 2.42. The van der Waals surface area contributed by atoms with E-state index in [0.29, 0.717) is 5.92 Å². The van der Waals surface area contributed by atoms with Gasteiger partial charge in [0, 0.05) is 5.92 Å². The van der Waals surface area contributed by atoms with E-state index >= 15 is 0 Å². The van der Waals surface area contributed by atoms with Gasteiger partial charge in [-0.2, -0.15) is 0 Å². The Morgan fingerprint density at radius 1 is 0.609 bits per heavy atom. The van der Waals surface area contributed by atoms with E-state index in [1.165, 1.54) is 38.3 Å². The van der Waals surface area contributed by atoms with Crippen molar-refractivity contribution >= 4 is 11.6 Å². The molecule has 0 saturated carbocycles. The predicted octanol–water partition coefficient (Wildman–Crippen LogP) is 4.47. The Hall–Kier alpha value is -2.60. The van der Waals surface area contributed by atoms with Gasteiger partial charge in [0.05, 0.1) is 0 Å². The molecule has 0 amide bonds. The minimum Gasteiger partial charge on any atom is -0.0683 e. The van der Waals surface area contributed by atoms with E-state index in [2.05, 4.69) is 78.9 Å². The maximum Gasteiger partial charge on any atom is 0.0291 e. The van der Waals surface area contributed by atoms with Gasteiger partial charge in [0.25, 0.3) is 0 Å². The molecule has 0 fully saturated rings. The van der Waals surface area contributed by atoms with Gasteiger partial charge in [-0.05, 0) is 38.3 Å². The molecule has 5 rings (SSSR count). The normalized spacial score (nSPS) is 16.1. The average molecular weight is 296 g/mol. The third-order valence-corrected chi connectivity index (χ3v) is 4.69. The van der Waals surface area contributed by atoms with Gasteiger partial charge in [-0.15, -0.1) is 0 Å². The van der Waals surface area contributed by atoms with E-state index in [0.717, 1.165) is 0 Å². The van der Waals surface area contributed by atoms with Crippen molar-refractivity contribution in [3.05, 3.63) is 94.4 Å². The lowest BCUT2D eigenvalue weighted by molar-refractivity contribution is 1.18. The fourth-order valence-corrected chi connectivity index (χ4v) is 3.83. The Morgan fingerprint density at radius 3 is 2.04 bits per heavy atom. The summed E-state index contributed by atoms with van der Waals surface area (Å²) in [6.07, 6.45) is 2.42. The summed E-state index contributed by atoms with van der Waals surface area (Å²) >= 11 is 0. The Bertz CT molecular complexity index is 978. The minimum absolute atomic E-state index is 0.381. The fraction of sp³-hybridized carbons (Fsp3) is 0.130. The van der Waals surface area contributed by atoms with Crippen molar-refractivity contribution in [3.63, 3.8) is 0 Å². The van der Waals surface area contributed by atoms with Gasteiger partial charge in [0.2, 0.25) is 0 Å². The second-order valence-corrected chi connectivity index (χ2v) is 5.78. The zero-order chi connectivity index (χ0) is 15.8. The van der Waals surface area contributed by atoms with Crippen LogP contribution in [0, 0.1) is 0 Å². The van der Waals surface area contributed by atoms with E-state index < -0.39 is 0 Å². The van der Waals surface area contributed by atoms with Crippen LogP contribution in [0.2, 0.25) is 0 Å². The summed E-state index contributed by atoms with van der Waals surface area (Å²) in [5, 5.41) is 2.83. The van der Waals surface area contributed by atoms with Crippen LogP contribution in [0.4, 0.5) is 0 Å². The number of hydrogen-bond donors (Lipinski definition) is 0. The summed E-state index contributed by atoms with van der Waals surface area (Å²) in [5.41, 5.74) is 7.06. The highest BCUT2D eigenvalue weighted by atomic mass is 14.3. The molecule has 2 aliphatic carbocycles. The average Bonchev–Trinajstić information content (AvgIpc) is 3.19. The van der Waals surface area contributed by atoms with Crippen LogP contribution in [0.15, 0.2) is 72.8 Å². The van der Waals surface area contributed by atoms with Gasteiger partial charge in [0.1, 0.15) is 0 Å². The SMILES string of the molecule is C1=c2cccc3c2=C(c2ccccc2-3)C1c1ccccc1.CC. The number of rotatable bonds is 1. The summed E-state index contributed by atoms with van der Waals surface area (Å²) < 4.78 is 0. The monoisotopic (exact) mass is 296 g/mol. The smallest absolute Gasteiger partial charge is 0.0291 e. The topological polar surface area (TPSA) is 0 Å². The molecular formula is C23H20. The standard InChI is InChI=1S/C21H14.C2H6/c1-2-7-14(8-3-1)19-13-15-9-6-12-17-16-10-4-5-11-18(16)21(19)20(15)17;1-2/h1-13,19H;1-2H3. The van der Waals surface area contributed by atoms with Gasteiger partial charge < -0.3 is 0 Å². The minimum atomic E-state index is 0.381. The first-order valence-electron chi connectivity index (χ1n) is 8.43. The molecule has 2 aliphatic rings. The molecule has 0 spiro atoms. The van der Waals surface area contributed by atoms with Gasteiger partial charge in [-0.25, -0.2) is 0 Å². The number of hydrogen-bond acceptors (Lipinski definition) is 0. The second kappa shape index (κ2) is 5.55. The Labute approximate surface area is 137 Å². The molecule has 3 aromatic carbocycles. The summed E-state index contributed by atoms with van der Waals surface area (Å²) in [7, 11) is 0. The maximum atomic E-state index is 2.42. The molecule has 1 atom stereocenters. The van der Waals surface area contributed by atoms with E-state index in [4.69, 9.17) is 0 Å². The summed E-state index contributed by atoms with van der Waals surface area (Å²) in [4.78, 5) is 0. The van der Waals surface area contributed by atoms with Crippen molar-refractivity contribution in [2.75, 3.05) is 0 Å². The summed E-state index contributed by atoms with van der Waals surface area (Å²) in [6, 6.07) is 26.3. The predicted molar refractivity (Wildman–Crippen MR) is 98.6 cm³/mol. The van der Waals surface area contributed by atoms with Gasteiger partial charge >= 0.3 is 0 Å². The largest absolute Gasteiger partial charge is 0.0683 e. The molecule has 0 heteroatoms. The lowest BCUT2D eigenvalue weighted by atomic mass is 9.89. The molecule has 1 unspecified atom stereocenters. The van der Waals surface area contributed by atoms with Gasteiger partial charge in [-0.3, -0.25) is 0 Å². The highest BCUT2D eigenvalue weighted by molar-refractivity contribution is 5.96. The van der Waals surface area contributed by atoms with E-state index in [1.807, 2.05) is 13.8 Å². The lowest BCUT2D eigenvalue weighted by Gasteiger charge is -2.14. The van der Waals surface area contributed by atoms with Gasteiger partial charge in [0.15, 0.2) is 0 Å². The second-order valence-electron chi connectivity index (χ2n) is 5.78. The quantitative estimate of drug-likeness (QED) is 0.621. The molecule has 0 radical (unpaired) electrons. The van der Waals surface area contributed by atoms with Crippen molar-refractivity contribution < 1.29 is 0 Å². The first-order chi connectivity index (χ1) is 11.4. The molecule has 0 bridgehead atoms. The molecule has 0 N–H and O–H groups in total. The Balaban J connectivity index is 0.000000652. The van der Waals surface area contributed by atoms with Crippen molar-refractivity contribution in [3.8, 4) is 11.1 Å². The van der Waals surface area contributed by atoms with Gasteiger partial charge in [-0.1, -0.05) is 92.7 Å². The van der Waals surface area contributed by atoms with Crippen LogP contribution in [0.1, 0.15) is 30.9 Å². The molecule has 23 heavy (non-hydrogen) atoms. The van der Waals surface area contributed by atoms with E-state index in [1.54, 1.807) is 0 Å². The van der Waals surface area contributed by atoms with E-state index in [-0.39, 0.29) is 0 Å². The summed E-state index contributed by atoms with van der Waals surface area (Å²) in [5.74, 6) is 0.381. The van der Waals surface area contributed by atoms with Crippen molar-refractivity contribution in [2.45, 2.75) is 19.8 Å². The third-order valence-electron chi connectivity index (χ3n) is 4.69. The molecule has 0 heterocycles. The van der Waals surface area contributed by atoms with Crippen LogP contribution in [0.5, 0.6) is 0 Å². The molecule has 112 valence electrons. The third kappa shape index (κ3) is 1.98. The van der Waals surface area contributed by atoms with Crippen molar-refractivity contribution in [2.24, 2.45) is 0 Å². The van der Waals surface area contributed by atoms with Crippen LogP contribution < -0.4 is 10.4 Å². The first-order valence-corrected chi connectivity index (χ1v) is 8.43. The lowest BCUT2D eigenvalue weighted by Crippen LogP contribution is -2.22. The molecule has 0 aliphatic heterocycles. The zero-order valence-corrected chi connectivity index (χ0v) is 13.6. The highest BCUT2D eigenvalue weighted by Gasteiger charge is 2.29. The summed E-state index contributed by atoms with van der Waals surface area (Å²) in [6.45, 7) is 4.00. The molecule has 0 nitrogen and oxygen atoms in total. The molecule has 3 aromatic rings. The Morgan fingerprint density at radius 2 is 1.26 bits per heavy atom. The zero-order valence-electron chi connectivity index (χ0n) is 13.6.